The number of rotatable bonds is 11. The lowest BCUT2D eigenvalue weighted by Crippen LogP contribution is -2.55. The molecule has 2 aliphatic heterocycles. The fraction of sp³-hybridized carbons (Fsp3) is 0.289. The second kappa shape index (κ2) is 13.8. The number of amides is 3. The molecule has 1 fully saturated rings. The highest BCUT2D eigenvalue weighted by molar-refractivity contribution is 7.21. The third-order valence-electron chi connectivity index (χ3n) is 9.14. The van der Waals surface area contributed by atoms with Crippen LogP contribution in [0.2, 0.25) is 0 Å². The van der Waals surface area contributed by atoms with E-state index in [1.54, 1.807) is 23.5 Å². The van der Waals surface area contributed by atoms with E-state index in [0.29, 0.717) is 24.2 Å². The van der Waals surface area contributed by atoms with Crippen molar-refractivity contribution in [3.05, 3.63) is 95.8 Å². The number of ether oxygens (including phenoxy) is 1. The second-order valence-electron chi connectivity index (χ2n) is 12.6. The number of imide groups is 1. The molecule has 2 aromatic heterocycles. The summed E-state index contributed by atoms with van der Waals surface area (Å²) in [5.74, 6) is -0.800. The number of pyridine rings is 1. The molecule has 0 radical (unpaired) electrons. The van der Waals surface area contributed by atoms with Gasteiger partial charge in [0, 0.05) is 67.9 Å². The van der Waals surface area contributed by atoms with Crippen LogP contribution in [0.1, 0.15) is 40.9 Å². The molecule has 10 nitrogen and oxygen atoms in total. The van der Waals surface area contributed by atoms with Crippen molar-refractivity contribution in [1.82, 2.24) is 19.8 Å². The van der Waals surface area contributed by atoms with Crippen molar-refractivity contribution in [3.8, 4) is 27.4 Å². The molecule has 3 amide bonds. The molecular weight excluding hydrogens is 639 g/mol. The highest BCUT2D eigenvalue weighted by atomic mass is 32.1. The van der Waals surface area contributed by atoms with Gasteiger partial charge in [0.2, 0.25) is 5.91 Å². The molecule has 1 atom stereocenters. The van der Waals surface area contributed by atoms with Crippen LogP contribution in [0.4, 0.5) is 5.69 Å². The molecule has 11 heteroatoms. The molecule has 0 saturated carbocycles. The van der Waals surface area contributed by atoms with Gasteiger partial charge in [-0.15, -0.1) is 11.3 Å². The third kappa shape index (κ3) is 6.77. The van der Waals surface area contributed by atoms with Gasteiger partial charge in [0.05, 0.1) is 23.4 Å². The first kappa shape index (κ1) is 32.4. The minimum absolute atomic E-state index is 0.0763. The van der Waals surface area contributed by atoms with E-state index < -0.39 is 6.04 Å². The first-order valence-corrected chi connectivity index (χ1v) is 17.3. The molecule has 1 unspecified atom stereocenters. The number of hydrogen-bond donors (Lipinski definition) is 1. The summed E-state index contributed by atoms with van der Waals surface area (Å²) < 4.78 is 6.96. The molecule has 4 heterocycles. The number of benzene rings is 3. The Balaban J connectivity index is 0.865. The lowest BCUT2D eigenvalue weighted by atomic mass is 10.0. The number of thiazole rings is 1. The Morgan fingerprint density at radius 3 is 2.51 bits per heavy atom. The van der Waals surface area contributed by atoms with E-state index in [4.69, 9.17) is 9.72 Å². The number of fused-ring (bicyclic) bond motifs is 2. The minimum atomic E-state index is -0.706. The number of piperidine rings is 1. The monoisotopic (exact) mass is 675 g/mol. The molecule has 5 aromatic rings. The first-order chi connectivity index (χ1) is 23.7. The van der Waals surface area contributed by atoms with Gasteiger partial charge < -0.3 is 19.6 Å². The van der Waals surface area contributed by atoms with Crippen molar-refractivity contribution in [3.63, 3.8) is 0 Å². The number of carbonyl (C=O) groups excluding carboxylic acids is 3. The van der Waals surface area contributed by atoms with Crippen molar-refractivity contribution in [2.75, 3.05) is 38.8 Å². The number of hydrogen-bond acceptors (Lipinski definition) is 9. The van der Waals surface area contributed by atoms with Crippen LogP contribution >= 0.6 is 11.3 Å². The first-order valence-electron chi connectivity index (χ1n) is 16.4. The van der Waals surface area contributed by atoms with Crippen molar-refractivity contribution >= 4 is 45.0 Å². The largest absolute Gasteiger partial charge is 0.508 e. The molecular formula is C38H37N5O5S. The Kier molecular flexibility index (Phi) is 9.11. The molecule has 2 aliphatic rings. The predicted molar refractivity (Wildman–Crippen MR) is 189 cm³/mol. The summed E-state index contributed by atoms with van der Waals surface area (Å²) in [5.41, 5.74) is 7.51. The minimum Gasteiger partial charge on any atom is -0.508 e. The predicted octanol–water partition coefficient (Wildman–Crippen LogP) is 5.92. The zero-order valence-corrected chi connectivity index (χ0v) is 28.3. The number of aromatic nitrogens is 2. The molecule has 0 bridgehead atoms. The second-order valence-corrected chi connectivity index (χ2v) is 13.6. The highest BCUT2D eigenvalue weighted by Crippen LogP contribution is 2.34. The van der Waals surface area contributed by atoms with Gasteiger partial charge in [0.25, 0.3) is 11.8 Å². The number of likely N-dealkylation sites (tertiary alicyclic amines) is 1. The number of phenols is 1. The van der Waals surface area contributed by atoms with Crippen LogP contribution in [0, 0.1) is 0 Å². The molecule has 0 aliphatic carbocycles. The van der Waals surface area contributed by atoms with Crippen LogP contribution in [-0.2, 0) is 27.3 Å². The zero-order valence-electron chi connectivity index (χ0n) is 27.5. The maximum Gasteiger partial charge on any atom is 0.255 e. The summed E-state index contributed by atoms with van der Waals surface area (Å²) in [4.78, 5) is 53.1. The average molecular weight is 676 g/mol. The molecule has 1 N–H and O–H groups in total. The lowest BCUT2D eigenvalue weighted by molar-refractivity contribution is -0.153. The van der Waals surface area contributed by atoms with Crippen LogP contribution in [-0.4, -0.2) is 82.5 Å². The maximum atomic E-state index is 13.3. The normalized spacial score (nSPS) is 16.1. The summed E-state index contributed by atoms with van der Waals surface area (Å²) in [5, 5.41) is 10.8. The average Bonchev–Trinajstić information content (AvgIpc) is 3.68. The molecule has 1 saturated heterocycles. The number of carbonyl (C=O) groups is 3. The van der Waals surface area contributed by atoms with Gasteiger partial charge in [-0.05, 0) is 72.9 Å². The van der Waals surface area contributed by atoms with E-state index in [1.165, 1.54) is 20.6 Å². The van der Waals surface area contributed by atoms with Crippen LogP contribution in [0.15, 0.2) is 79.0 Å². The van der Waals surface area contributed by atoms with Gasteiger partial charge in [0.1, 0.15) is 16.8 Å². The molecule has 7 rings (SSSR count). The lowest BCUT2D eigenvalue weighted by Gasteiger charge is -2.35. The summed E-state index contributed by atoms with van der Waals surface area (Å²) >= 11 is 1.70. The van der Waals surface area contributed by atoms with E-state index in [1.807, 2.05) is 26.4 Å². The number of aromatic hydroxyl groups is 1. The smallest absolute Gasteiger partial charge is 0.255 e. The fourth-order valence-electron chi connectivity index (χ4n) is 6.40. The van der Waals surface area contributed by atoms with E-state index in [2.05, 4.69) is 58.4 Å². The van der Waals surface area contributed by atoms with Crippen LogP contribution in [0.25, 0.3) is 31.9 Å². The number of nitrogens with zero attached hydrogens (tertiary/aromatic N) is 5. The third-order valence-corrected chi connectivity index (χ3v) is 10.2. The number of phenolic OH excluding ortho intramolecular Hbond substituents is 1. The van der Waals surface area contributed by atoms with Crippen molar-refractivity contribution < 1.29 is 24.2 Å². The number of anilines is 1. The number of aryl methyl sites for hydroxylation is 1. The molecule has 3 aromatic carbocycles. The maximum absolute atomic E-state index is 13.3. The quantitative estimate of drug-likeness (QED) is 0.136. The van der Waals surface area contributed by atoms with Gasteiger partial charge in [-0.25, -0.2) is 4.98 Å². The van der Waals surface area contributed by atoms with Crippen LogP contribution in [0.3, 0.4) is 0 Å². The van der Waals surface area contributed by atoms with E-state index >= 15 is 0 Å². The molecule has 49 heavy (non-hydrogen) atoms. The SMILES string of the molecule is CN(C)c1ccc2nc(-c3ccc(-c4ccc(CCCOCCN5C(=O)CCC(N6Cc7cc(O)ccc7C6=O)C5=O)nc4)cc3)sc2c1. The van der Waals surface area contributed by atoms with Crippen LogP contribution in [0.5, 0.6) is 5.75 Å². The summed E-state index contributed by atoms with van der Waals surface area (Å²) in [6.07, 6.45) is 3.86. The van der Waals surface area contributed by atoms with Gasteiger partial charge in [-0.3, -0.25) is 24.3 Å². The molecule has 0 spiro atoms. The summed E-state index contributed by atoms with van der Waals surface area (Å²) in [7, 11) is 4.08. The summed E-state index contributed by atoms with van der Waals surface area (Å²) in [6.45, 7) is 1.08. The van der Waals surface area contributed by atoms with Crippen molar-refractivity contribution in [2.45, 2.75) is 38.3 Å². The van der Waals surface area contributed by atoms with Crippen molar-refractivity contribution in [1.29, 1.82) is 0 Å². The van der Waals surface area contributed by atoms with Crippen molar-refractivity contribution in [2.24, 2.45) is 0 Å². The van der Waals surface area contributed by atoms with Gasteiger partial charge in [-0.1, -0.05) is 30.3 Å². The van der Waals surface area contributed by atoms with E-state index in [9.17, 15) is 19.5 Å². The van der Waals surface area contributed by atoms with E-state index in [-0.39, 0.29) is 49.6 Å². The van der Waals surface area contributed by atoms with Gasteiger partial charge in [-0.2, -0.15) is 0 Å². The molecule has 250 valence electrons. The Labute approximate surface area is 288 Å². The Morgan fingerprint density at radius 2 is 1.73 bits per heavy atom. The Morgan fingerprint density at radius 1 is 0.939 bits per heavy atom. The fourth-order valence-corrected chi connectivity index (χ4v) is 7.41. The van der Waals surface area contributed by atoms with Gasteiger partial charge >= 0.3 is 0 Å². The standard InChI is InChI=1S/C38H37N5O5S/c1-41(2)29-11-14-32-34(21-29)49-36(40-32)25-7-5-24(6-8-25)26-9-10-28(39-22-26)4-3-18-48-19-17-42-35(45)16-15-33(38(42)47)43-23-27-20-30(44)12-13-31(27)37(43)46/h5-14,20-22,33,44H,3-4,15-19,23H2,1-2H3. The van der Waals surface area contributed by atoms with E-state index in [0.717, 1.165) is 51.4 Å². The summed E-state index contributed by atoms with van der Waals surface area (Å²) in [6, 6.07) is 22.7. The Hall–Kier alpha value is -5.13. The Bertz CT molecular complexity index is 2030. The van der Waals surface area contributed by atoms with Crippen LogP contribution < -0.4 is 4.90 Å². The topological polar surface area (TPSA) is 116 Å². The van der Waals surface area contributed by atoms with Gasteiger partial charge in [0.15, 0.2) is 0 Å². The zero-order chi connectivity index (χ0) is 34.1. The highest BCUT2D eigenvalue weighted by Gasteiger charge is 2.42.